The van der Waals surface area contributed by atoms with Gasteiger partial charge in [0.15, 0.2) is 11.5 Å². The molecule has 5 heteroatoms. The number of amides is 1. The molecule has 1 amide bonds. The highest BCUT2D eigenvalue weighted by atomic mass is 16.7. The molecule has 0 atom stereocenters. The van der Waals surface area contributed by atoms with Gasteiger partial charge in [-0.2, -0.15) is 0 Å². The third-order valence-corrected chi connectivity index (χ3v) is 4.05. The van der Waals surface area contributed by atoms with E-state index >= 15 is 0 Å². The molecule has 3 rings (SSSR count). The maximum absolute atomic E-state index is 12.4. The van der Waals surface area contributed by atoms with E-state index in [0.29, 0.717) is 17.1 Å². The van der Waals surface area contributed by atoms with Crippen molar-refractivity contribution in [1.82, 2.24) is 0 Å². The molecule has 2 aromatic rings. The zero-order chi connectivity index (χ0) is 16.9. The Balaban J connectivity index is 1.64. The predicted molar refractivity (Wildman–Crippen MR) is 95.1 cm³/mol. The predicted octanol–water partition coefficient (Wildman–Crippen LogP) is 3.90. The number of hydrogen-bond acceptors (Lipinski definition) is 4. The molecule has 0 radical (unpaired) electrons. The average Bonchev–Trinajstić information content (AvgIpc) is 3.08. The molecule has 0 saturated carbocycles. The molecule has 0 bridgehead atoms. The topological polar surface area (TPSA) is 50.8 Å². The van der Waals surface area contributed by atoms with E-state index < -0.39 is 0 Å². The molecule has 1 aliphatic heterocycles. The Hall–Kier alpha value is -2.69. The molecule has 0 fully saturated rings. The van der Waals surface area contributed by atoms with Gasteiger partial charge in [0.25, 0.3) is 5.91 Å². The SMILES string of the molecule is CCCCN(C)c1ccc(NC(=O)c2ccc3c(c2)OCO3)cc1. The van der Waals surface area contributed by atoms with E-state index in [1.807, 2.05) is 24.3 Å². The lowest BCUT2D eigenvalue weighted by Gasteiger charge is -2.19. The van der Waals surface area contributed by atoms with E-state index in [9.17, 15) is 4.79 Å². The van der Waals surface area contributed by atoms with E-state index in [4.69, 9.17) is 9.47 Å². The lowest BCUT2D eigenvalue weighted by Crippen LogP contribution is -2.18. The Morgan fingerprint density at radius 3 is 2.62 bits per heavy atom. The minimum Gasteiger partial charge on any atom is -0.454 e. The number of anilines is 2. The van der Waals surface area contributed by atoms with Gasteiger partial charge in [-0.05, 0) is 48.9 Å². The van der Waals surface area contributed by atoms with Gasteiger partial charge in [0.1, 0.15) is 0 Å². The van der Waals surface area contributed by atoms with Crippen molar-refractivity contribution in [2.75, 3.05) is 30.6 Å². The summed E-state index contributed by atoms with van der Waals surface area (Å²) >= 11 is 0. The van der Waals surface area contributed by atoms with Crippen LogP contribution in [0.4, 0.5) is 11.4 Å². The minimum atomic E-state index is -0.166. The van der Waals surface area contributed by atoms with Crippen LogP contribution in [0.1, 0.15) is 30.1 Å². The summed E-state index contributed by atoms with van der Waals surface area (Å²) in [7, 11) is 2.08. The Bertz CT molecular complexity index is 713. The number of fused-ring (bicyclic) bond motifs is 1. The maximum Gasteiger partial charge on any atom is 0.255 e. The van der Waals surface area contributed by atoms with Crippen LogP contribution in [-0.4, -0.2) is 26.3 Å². The lowest BCUT2D eigenvalue weighted by atomic mass is 10.2. The standard InChI is InChI=1S/C19H22N2O3/c1-3-4-11-21(2)16-8-6-15(7-9-16)20-19(22)14-5-10-17-18(12-14)24-13-23-17/h5-10,12H,3-4,11,13H2,1-2H3,(H,20,22). The number of benzene rings is 2. The van der Waals surface area contributed by atoms with Gasteiger partial charge in [0.2, 0.25) is 6.79 Å². The highest BCUT2D eigenvalue weighted by Gasteiger charge is 2.16. The second kappa shape index (κ2) is 7.25. The maximum atomic E-state index is 12.4. The summed E-state index contributed by atoms with van der Waals surface area (Å²) in [4.78, 5) is 14.6. The summed E-state index contributed by atoms with van der Waals surface area (Å²) in [5.41, 5.74) is 2.46. The summed E-state index contributed by atoms with van der Waals surface area (Å²) in [5, 5.41) is 2.90. The molecular formula is C19H22N2O3. The third-order valence-electron chi connectivity index (χ3n) is 4.05. The summed E-state index contributed by atoms with van der Waals surface area (Å²) in [6.45, 7) is 3.41. The highest BCUT2D eigenvalue weighted by molar-refractivity contribution is 6.04. The first-order chi connectivity index (χ1) is 11.7. The number of hydrogen-bond donors (Lipinski definition) is 1. The molecule has 2 aromatic carbocycles. The van der Waals surface area contributed by atoms with Crippen LogP contribution >= 0.6 is 0 Å². The van der Waals surface area contributed by atoms with Crippen LogP contribution in [0.2, 0.25) is 0 Å². The molecular weight excluding hydrogens is 304 g/mol. The molecule has 0 saturated heterocycles. The molecule has 0 aliphatic carbocycles. The number of nitrogens with one attached hydrogen (secondary N) is 1. The van der Waals surface area contributed by atoms with Crippen molar-refractivity contribution >= 4 is 17.3 Å². The van der Waals surface area contributed by atoms with E-state index in [2.05, 4.69) is 24.2 Å². The molecule has 1 heterocycles. The van der Waals surface area contributed by atoms with Crippen LogP contribution in [0, 0.1) is 0 Å². The van der Waals surface area contributed by atoms with Crippen LogP contribution < -0.4 is 19.7 Å². The van der Waals surface area contributed by atoms with Crippen LogP contribution in [0.15, 0.2) is 42.5 Å². The van der Waals surface area contributed by atoms with Crippen molar-refractivity contribution < 1.29 is 14.3 Å². The highest BCUT2D eigenvalue weighted by Crippen LogP contribution is 2.32. The fourth-order valence-corrected chi connectivity index (χ4v) is 2.56. The zero-order valence-electron chi connectivity index (χ0n) is 14.0. The second-order valence-electron chi connectivity index (χ2n) is 5.84. The number of ether oxygens (including phenoxy) is 2. The monoisotopic (exact) mass is 326 g/mol. The van der Waals surface area contributed by atoms with Gasteiger partial charge in [-0.3, -0.25) is 4.79 Å². The van der Waals surface area contributed by atoms with E-state index in [0.717, 1.165) is 17.9 Å². The van der Waals surface area contributed by atoms with Crippen molar-refractivity contribution in [1.29, 1.82) is 0 Å². The van der Waals surface area contributed by atoms with Gasteiger partial charge in [0.05, 0.1) is 0 Å². The quantitative estimate of drug-likeness (QED) is 0.874. The molecule has 0 unspecified atom stereocenters. The van der Waals surface area contributed by atoms with Gasteiger partial charge in [0, 0.05) is 30.5 Å². The van der Waals surface area contributed by atoms with Gasteiger partial charge < -0.3 is 19.7 Å². The summed E-state index contributed by atoms with van der Waals surface area (Å²) < 4.78 is 10.6. The summed E-state index contributed by atoms with van der Waals surface area (Å²) in [5.74, 6) is 1.11. The zero-order valence-corrected chi connectivity index (χ0v) is 14.0. The fourth-order valence-electron chi connectivity index (χ4n) is 2.56. The third kappa shape index (κ3) is 3.62. The van der Waals surface area contributed by atoms with Crippen LogP contribution in [0.5, 0.6) is 11.5 Å². The lowest BCUT2D eigenvalue weighted by molar-refractivity contribution is 0.102. The largest absolute Gasteiger partial charge is 0.454 e. The van der Waals surface area contributed by atoms with Gasteiger partial charge in [-0.15, -0.1) is 0 Å². The summed E-state index contributed by atoms with van der Waals surface area (Å²) in [6.07, 6.45) is 2.34. The minimum absolute atomic E-state index is 0.166. The molecule has 24 heavy (non-hydrogen) atoms. The smallest absolute Gasteiger partial charge is 0.255 e. The average molecular weight is 326 g/mol. The summed E-state index contributed by atoms with van der Waals surface area (Å²) in [6, 6.07) is 13.1. The number of nitrogens with zero attached hydrogens (tertiary/aromatic N) is 1. The van der Waals surface area contributed by atoms with E-state index in [1.54, 1.807) is 18.2 Å². The molecule has 0 spiro atoms. The van der Waals surface area contributed by atoms with E-state index in [1.165, 1.54) is 12.8 Å². The Morgan fingerprint density at radius 2 is 1.88 bits per heavy atom. The normalized spacial score (nSPS) is 12.1. The van der Waals surface area contributed by atoms with Crippen LogP contribution in [0.25, 0.3) is 0 Å². The van der Waals surface area contributed by atoms with Gasteiger partial charge >= 0.3 is 0 Å². The fraction of sp³-hybridized carbons (Fsp3) is 0.316. The number of rotatable bonds is 6. The Labute approximate surface area is 142 Å². The van der Waals surface area contributed by atoms with E-state index in [-0.39, 0.29) is 12.7 Å². The molecule has 1 N–H and O–H groups in total. The number of carbonyl (C=O) groups is 1. The van der Waals surface area contributed by atoms with Crippen LogP contribution in [-0.2, 0) is 0 Å². The van der Waals surface area contributed by atoms with Gasteiger partial charge in [-0.1, -0.05) is 13.3 Å². The molecule has 1 aliphatic rings. The van der Waals surface area contributed by atoms with Crippen molar-refractivity contribution in [2.24, 2.45) is 0 Å². The Kier molecular flexibility index (Phi) is 4.89. The molecule has 0 aromatic heterocycles. The van der Waals surface area contributed by atoms with Gasteiger partial charge in [-0.25, -0.2) is 0 Å². The number of carbonyl (C=O) groups excluding carboxylic acids is 1. The second-order valence-corrected chi connectivity index (χ2v) is 5.84. The van der Waals surface area contributed by atoms with Crippen molar-refractivity contribution in [3.05, 3.63) is 48.0 Å². The van der Waals surface area contributed by atoms with Crippen molar-refractivity contribution in [2.45, 2.75) is 19.8 Å². The molecule has 5 nitrogen and oxygen atoms in total. The first-order valence-corrected chi connectivity index (χ1v) is 8.19. The Morgan fingerprint density at radius 1 is 1.12 bits per heavy atom. The van der Waals surface area contributed by atoms with Crippen molar-refractivity contribution in [3.63, 3.8) is 0 Å². The van der Waals surface area contributed by atoms with Crippen molar-refractivity contribution in [3.8, 4) is 11.5 Å². The number of unbranched alkanes of at least 4 members (excludes halogenated alkanes) is 1. The van der Waals surface area contributed by atoms with Crippen LogP contribution in [0.3, 0.4) is 0 Å². The molecule has 126 valence electrons. The first kappa shape index (κ1) is 16.2. The first-order valence-electron chi connectivity index (χ1n) is 8.19.